The van der Waals surface area contributed by atoms with Crippen molar-refractivity contribution in [1.29, 1.82) is 0 Å². The highest BCUT2D eigenvalue weighted by Crippen LogP contribution is 2.36. The zero-order chi connectivity index (χ0) is 40.4. The molecule has 1 unspecified atom stereocenters. The predicted octanol–water partition coefficient (Wildman–Crippen LogP) is 5.96. The lowest BCUT2D eigenvalue weighted by atomic mass is 9.85. The van der Waals surface area contributed by atoms with Gasteiger partial charge in [0.25, 0.3) is 12.3 Å². The van der Waals surface area contributed by atoms with Crippen molar-refractivity contribution in [2.75, 3.05) is 31.6 Å². The summed E-state index contributed by atoms with van der Waals surface area (Å²) in [6.07, 6.45) is 0.601. The number of anilines is 1. The van der Waals surface area contributed by atoms with Crippen LogP contribution in [0.1, 0.15) is 104 Å². The number of likely N-dealkylation sites (tertiary alicyclic amines) is 1. The molecule has 3 amide bonds. The lowest BCUT2D eigenvalue weighted by Crippen LogP contribution is -2.44. The number of ether oxygens (including phenoxy) is 1. The van der Waals surface area contributed by atoms with E-state index in [0.29, 0.717) is 37.3 Å². The van der Waals surface area contributed by atoms with Crippen molar-refractivity contribution >= 4 is 34.4 Å². The Morgan fingerprint density at radius 3 is 2.44 bits per heavy atom. The quantitative estimate of drug-likeness (QED) is 0.102. The van der Waals surface area contributed by atoms with Gasteiger partial charge in [0.05, 0.1) is 28.9 Å². The van der Waals surface area contributed by atoms with Gasteiger partial charge in [0.15, 0.2) is 5.69 Å². The number of halogens is 5. The normalized spacial score (nSPS) is 21.4. The summed E-state index contributed by atoms with van der Waals surface area (Å²) in [7, 11) is 1.70. The van der Waals surface area contributed by atoms with Gasteiger partial charge < -0.3 is 15.0 Å². The Labute approximate surface area is 324 Å². The highest BCUT2D eigenvalue weighted by molar-refractivity contribution is 6.03. The Hall–Kier alpha value is -4.97. The van der Waals surface area contributed by atoms with Crippen LogP contribution in [0.25, 0.3) is 11.0 Å². The third-order valence-electron chi connectivity index (χ3n) is 11.4. The summed E-state index contributed by atoms with van der Waals surface area (Å²) in [6.45, 7) is 3.30. The Morgan fingerprint density at radius 2 is 1.74 bits per heavy atom. The molecule has 0 radical (unpaired) electrons. The number of carbonyl (C=O) groups is 3. The number of fused-ring (bicyclic) bond motifs is 1. The lowest BCUT2D eigenvalue weighted by molar-refractivity contribution is -0.141. The number of pyridine rings is 1. The average Bonchev–Trinajstić information content (AvgIpc) is 3.72. The first-order chi connectivity index (χ1) is 27.3. The number of rotatable bonds is 12. The molecule has 306 valence electrons. The van der Waals surface area contributed by atoms with E-state index in [1.165, 1.54) is 15.4 Å². The second-order valence-corrected chi connectivity index (χ2v) is 15.2. The van der Waals surface area contributed by atoms with Crippen LogP contribution in [0.2, 0.25) is 0 Å². The van der Waals surface area contributed by atoms with E-state index < -0.39 is 47.5 Å². The molecule has 3 aliphatic rings. The van der Waals surface area contributed by atoms with Crippen molar-refractivity contribution in [3.05, 3.63) is 75.7 Å². The van der Waals surface area contributed by atoms with E-state index in [1.807, 2.05) is 18.2 Å². The molecule has 2 saturated heterocycles. The van der Waals surface area contributed by atoms with Gasteiger partial charge in [0, 0.05) is 45.9 Å². The molecule has 1 aromatic carbocycles. The minimum Gasteiger partial charge on any atom is -0.378 e. The summed E-state index contributed by atoms with van der Waals surface area (Å²) in [5.41, 5.74) is -0.554. The SMILES string of the molecule is Cn1c(=O)n(C2CCC(=O)NC2=O)c2cccc(CCCOC3CCN(CC4CCC(n5cc(NC(=O)c6cccc(C(F)(F)F)n6)c(C(F)F)n5)CC4)CC3)c21. The third-order valence-corrected chi connectivity index (χ3v) is 11.4. The van der Waals surface area contributed by atoms with Gasteiger partial charge in [0.1, 0.15) is 17.4 Å². The van der Waals surface area contributed by atoms with Gasteiger partial charge >= 0.3 is 11.9 Å². The van der Waals surface area contributed by atoms with Gasteiger partial charge in [-0.15, -0.1) is 0 Å². The molecule has 13 nitrogen and oxygen atoms in total. The predicted molar refractivity (Wildman–Crippen MR) is 198 cm³/mol. The lowest BCUT2D eigenvalue weighted by Gasteiger charge is -2.36. The molecule has 3 fully saturated rings. The van der Waals surface area contributed by atoms with E-state index in [0.717, 1.165) is 81.0 Å². The van der Waals surface area contributed by atoms with Crippen LogP contribution >= 0.6 is 0 Å². The van der Waals surface area contributed by atoms with E-state index in [2.05, 4.69) is 25.6 Å². The summed E-state index contributed by atoms with van der Waals surface area (Å²) >= 11 is 0. The summed E-state index contributed by atoms with van der Waals surface area (Å²) in [4.78, 5) is 55.9. The number of para-hydroxylation sites is 1. The molecule has 18 heteroatoms. The number of alkyl halides is 5. The van der Waals surface area contributed by atoms with Crippen molar-refractivity contribution in [3.8, 4) is 0 Å². The van der Waals surface area contributed by atoms with Crippen LogP contribution in [-0.2, 0) is 34.0 Å². The van der Waals surface area contributed by atoms with Gasteiger partial charge in [-0.2, -0.15) is 18.3 Å². The molecule has 4 aromatic rings. The number of carbonyl (C=O) groups excluding carboxylic acids is 3. The molecule has 1 atom stereocenters. The molecule has 57 heavy (non-hydrogen) atoms. The molecular formula is C39H45F5N8O5. The largest absolute Gasteiger partial charge is 0.433 e. The Bertz CT molecular complexity index is 2170. The number of nitrogens with zero attached hydrogens (tertiary/aromatic N) is 6. The average molecular weight is 801 g/mol. The van der Waals surface area contributed by atoms with Gasteiger partial charge in [0.2, 0.25) is 11.8 Å². The number of imide groups is 1. The van der Waals surface area contributed by atoms with E-state index in [1.54, 1.807) is 11.6 Å². The molecule has 1 aliphatic carbocycles. The third kappa shape index (κ3) is 8.96. The number of aryl methyl sites for hydroxylation is 2. The van der Waals surface area contributed by atoms with Crippen LogP contribution in [0.4, 0.5) is 27.6 Å². The van der Waals surface area contributed by atoms with E-state index in [9.17, 15) is 41.1 Å². The van der Waals surface area contributed by atoms with Gasteiger partial charge in [-0.1, -0.05) is 18.2 Å². The number of nitrogens with one attached hydrogen (secondary N) is 2. The zero-order valence-corrected chi connectivity index (χ0v) is 31.4. The van der Waals surface area contributed by atoms with Crippen molar-refractivity contribution < 1.29 is 41.1 Å². The van der Waals surface area contributed by atoms with Gasteiger partial charge in [-0.3, -0.25) is 33.5 Å². The summed E-state index contributed by atoms with van der Waals surface area (Å²) in [5, 5.41) is 8.69. The maximum absolute atomic E-state index is 13.9. The Balaban J connectivity index is 0.850. The molecule has 0 bridgehead atoms. The number of imidazole rings is 1. The highest BCUT2D eigenvalue weighted by Gasteiger charge is 2.34. The van der Waals surface area contributed by atoms with E-state index in [4.69, 9.17) is 4.74 Å². The first kappa shape index (κ1) is 40.2. The number of benzene rings is 1. The molecule has 7 rings (SSSR count). The van der Waals surface area contributed by atoms with Crippen LogP contribution in [-0.4, -0.2) is 78.9 Å². The number of hydrogen-bond donors (Lipinski definition) is 2. The van der Waals surface area contributed by atoms with E-state index in [-0.39, 0.29) is 42.3 Å². The Kier molecular flexibility index (Phi) is 11.9. The van der Waals surface area contributed by atoms with Crippen molar-refractivity contribution in [3.63, 3.8) is 0 Å². The second kappa shape index (κ2) is 16.9. The molecule has 2 N–H and O–H groups in total. The number of piperidine rings is 2. The van der Waals surface area contributed by atoms with Gasteiger partial charge in [-0.25, -0.2) is 18.6 Å². The van der Waals surface area contributed by atoms with Crippen LogP contribution < -0.4 is 16.3 Å². The maximum atomic E-state index is 13.9. The van der Waals surface area contributed by atoms with Crippen LogP contribution in [0, 0.1) is 5.92 Å². The summed E-state index contributed by atoms with van der Waals surface area (Å²) < 4.78 is 77.8. The minimum absolute atomic E-state index is 0.147. The van der Waals surface area contributed by atoms with Crippen LogP contribution in [0.5, 0.6) is 0 Å². The topological polar surface area (TPSA) is 145 Å². The standard InChI is InChI=1S/C39H45F5N8O5/c1-49-34-24(5-2-8-29(34)52(38(49)56)30-14-15-32(53)47-37(30)55)6-4-20-57-26-16-18-50(19-17-26)21-23-10-12-25(13-11-23)51-22-28(33(48-51)35(40)41)46-36(54)27-7-3-9-31(45-27)39(42,43)44/h2-3,5,7-9,22-23,25-26,30,35H,4,6,10-21H2,1H3,(H,46,54)(H,47,53,55). The molecule has 5 heterocycles. The Morgan fingerprint density at radius 1 is 1.00 bits per heavy atom. The first-order valence-corrected chi connectivity index (χ1v) is 19.4. The van der Waals surface area contributed by atoms with Crippen LogP contribution in [0.3, 0.4) is 0 Å². The zero-order valence-electron chi connectivity index (χ0n) is 31.4. The fourth-order valence-corrected chi connectivity index (χ4v) is 8.43. The number of aromatic nitrogens is 5. The minimum atomic E-state index is -4.76. The monoisotopic (exact) mass is 800 g/mol. The highest BCUT2D eigenvalue weighted by atomic mass is 19.4. The van der Waals surface area contributed by atoms with Crippen LogP contribution in [0.15, 0.2) is 47.4 Å². The summed E-state index contributed by atoms with van der Waals surface area (Å²) in [6, 6.07) is 7.65. The fourth-order valence-electron chi connectivity index (χ4n) is 8.43. The summed E-state index contributed by atoms with van der Waals surface area (Å²) in [5.74, 6) is -1.40. The van der Waals surface area contributed by atoms with E-state index >= 15 is 0 Å². The second-order valence-electron chi connectivity index (χ2n) is 15.2. The first-order valence-electron chi connectivity index (χ1n) is 19.4. The van der Waals surface area contributed by atoms with Crippen molar-refractivity contribution in [2.45, 2.75) is 95.0 Å². The van der Waals surface area contributed by atoms with Crippen molar-refractivity contribution in [2.24, 2.45) is 13.0 Å². The molecule has 0 spiro atoms. The molecule has 3 aromatic heterocycles. The molecular weight excluding hydrogens is 755 g/mol. The number of hydrogen-bond acceptors (Lipinski definition) is 8. The fraction of sp³-hybridized carbons (Fsp3) is 0.538. The molecule has 2 aliphatic heterocycles. The number of amides is 3. The van der Waals surface area contributed by atoms with Gasteiger partial charge in [-0.05, 0) is 87.5 Å². The maximum Gasteiger partial charge on any atom is 0.433 e. The molecule has 1 saturated carbocycles. The van der Waals surface area contributed by atoms with Crippen molar-refractivity contribution in [1.82, 2.24) is 34.1 Å². The smallest absolute Gasteiger partial charge is 0.378 e.